The number of amides is 1. The van der Waals surface area contributed by atoms with Gasteiger partial charge in [0.25, 0.3) is 0 Å². The summed E-state index contributed by atoms with van der Waals surface area (Å²) in [6.45, 7) is 1.90. The number of likely N-dealkylation sites (N-methyl/N-ethyl adjacent to an activating group) is 1. The summed E-state index contributed by atoms with van der Waals surface area (Å²) in [5, 5.41) is 3.08. The van der Waals surface area contributed by atoms with Gasteiger partial charge in [0.15, 0.2) is 0 Å². The highest BCUT2D eigenvalue weighted by molar-refractivity contribution is 7.89. The van der Waals surface area contributed by atoms with Gasteiger partial charge in [-0.25, -0.2) is 17.2 Å². The number of piperazine rings is 1. The molecule has 6 nitrogen and oxygen atoms in total. The molecule has 0 spiro atoms. The van der Waals surface area contributed by atoms with E-state index in [2.05, 4.69) is 5.32 Å². The molecule has 0 bridgehead atoms. The number of sulfonamides is 1. The summed E-state index contributed by atoms with van der Waals surface area (Å²) in [6, 6.07) is 2.21. The third-order valence-corrected chi connectivity index (χ3v) is 5.25. The molecule has 2 rings (SSSR count). The van der Waals surface area contributed by atoms with Crippen LogP contribution in [-0.2, 0) is 14.8 Å². The highest BCUT2D eigenvalue weighted by atomic mass is 32.2. The topological polar surface area (TPSA) is 69.7 Å². The van der Waals surface area contributed by atoms with Crippen molar-refractivity contribution in [2.75, 3.05) is 39.8 Å². The standard InChI is InChI=1S/C13H17F2N3O3S/c1-17(9-13(19)18-6-4-16-5-7-18)22(20,21)12-3-2-10(14)8-11(12)15/h2-3,8,16H,4-7,9H2,1H3. The lowest BCUT2D eigenvalue weighted by atomic mass is 10.3. The molecule has 0 atom stereocenters. The van der Waals surface area contributed by atoms with E-state index < -0.39 is 26.6 Å². The molecule has 0 aliphatic carbocycles. The first-order chi connectivity index (χ1) is 10.3. The van der Waals surface area contributed by atoms with Crippen LogP contribution in [0.5, 0.6) is 0 Å². The summed E-state index contributed by atoms with van der Waals surface area (Å²) in [5.74, 6) is -2.40. The minimum atomic E-state index is -4.19. The van der Waals surface area contributed by atoms with Crippen LogP contribution in [0, 0.1) is 11.6 Å². The van der Waals surface area contributed by atoms with Gasteiger partial charge in [-0.2, -0.15) is 4.31 Å². The van der Waals surface area contributed by atoms with Gasteiger partial charge in [-0.15, -0.1) is 0 Å². The maximum Gasteiger partial charge on any atom is 0.246 e. The average Bonchev–Trinajstić information content (AvgIpc) is 2.47. The third kappa shape index (κ3) is 3.60. The maximum atomic E-state index is 13.6. The fourth-order valence-corrected chi connectivity index (χ4v) is 3.30. The lowest BCUT2D eigenvalue weighted by molar-refractivity contribution is -0.131. The van der Waals surface area contributed by atoms with Crippen LogP contribution < -0.4 is 5.32 Å². The van der Waals surface area contributed by atoms with Gasteiger partial charge in [0, 0.05) is 39.3 Å². The van der Waals surface area contributed by atoms with E-state index in [1.165, 1.54) is 7.05 Å². The third-order valence-electron chi connectivity index (χ3n) is 3.41. The second kappa shape index (κ2) is 6.67. The molecule has 1 heterocycles. The van der Waals surface area contributed by atoms with Gasteiger partial charge in [0.2, 0.25) is 15.9 Å². The Labute approximate surface area is 127 Å². The van der Waals surface area contributed by atoms with Crippen molar-refractivity contribution in [3.05, 3.63) is 29.8 Å². The van der Waals surface area contributed by atoms with Crippen LogP contribution in [0.4, 0.5) is 8.78 Å². The number of benzene rings is 1. The molecule has 0 aromatic heterocycles. The fraction of sp³-hybridized carbons (Fsp3) is 0.462. The van der Waals surface area contributed by atoms with Crippen molar-refractivity contribution in [1.29, 1.82) is 0 Å². The quantitative estimate of drug-likeness (QED) is 0.843. The van der Waals surface area contributed by atoms with Crippen molar-refractivity contribution < 1.29 is 22.0 Å². The number of hydrogen-bond donors (Lipinski definition) is 1. The van der Waals surface area contributed by atoms with E-state index in [1.54, 1.807) is 4.90 Å². The maximum absolute atomic E-state index is 13.6. The van der Waals surface area contributed by atoms with Crippen molar-refractivity contribution >= 4 is 15.9 Å². The molecular weight excluding hydrogens is 316 g/mol. The van der Waals surface area contributed by atoms with Crippen LogP contribution in [-0.4, -0.2) is 63.3 Å². The first-order valence-electron chi connectivity index (χ1n) is 6.72. The number of halogens is 2. The van der Waals surface area contributed by atoms with Gasteiger partial charge < -0.3 is 10.2 Å². The number of rotatable bonds is 4. The molecule has 1 aromatic carbocycles. The van der Waals surface area contributed by atoms with Gasteiger partial charge in [-0.1, -0.05) is 0 Å². The van der Waals surface area contributed by atoms with Crippen LogP contribution in [0.3, 0.4) is 0 Å². The zero-order valence-electron chi connectivity index (χ0n) is 12.1. The molecule has 0 unspecified atom stereocenters. The Balaban J connectivity index is 2.13. The van der Waals surface area contributed by atoms with Gasteiger partial charge in [0.1, 0.15) is 16.5 Å². The van der Waals surface area contributed by atoms with Crippen LogP contribution in [0.15, 0.2) is 23.1 Å². The summed E-state index contributed by atoms with van der Waals surface area (Å²) < 4.78 is 51.8. The molecule has 122 valence electrons. The molecule has 1 aliphatic heterocycles. The molecule has 1 saturated heterocycles. The zero-order chi connectivity index (χ0) is 16.3. The molecule has 22 heavy (non-hydrogen) atoms. The van der Waals surface area contributed by atoms with Gasteiger partial charge >= 0.3 is 0 Å². The number of nitrogens with zero attached hydrogens (tertiary/aromatic N) is 2. The second-order valence-corrected chi connectivity index (χ2v) is 6.98. The lowest BCUT2D eigenvalue weighted by Gasteiger charge is -2.29. The fourth-order valence-electron chi connectivity index (χ4n) is 2.14. The SMILES string of the molecule is CN(CC(=O)N1CCNCC1)S(=O)(=O)c1ccc(F)cc1F. The van der Waals surface area contributed by atoms with Gasteiger partial charge in [0.05, 0.1) is 6.54 Å². The molecular formula is C13H17F2N3O3S. The molecule has 1 amide bonds. The predicted molar refractivity (Wildman–Crippen MR) is 75.6 cm³/mol. The predicted octanol–water partition coefficient (Wildman–Crippen LogP) is 0.0171. The Hall–Kier alpha value is -1.58. The number of nitrogens with one attached hydrogen (secondary N) is 1. The van der Waals surface area contributed by atoms with E-state index in [0.29, 0.717) is 32.2 Å². The Morgan fingerprint density at radius 3 is 2.55 bits per heavy atom. The molecule has 1 aromatic rings. The summed E-state index contributed by atoms with van der Waals surface area (Å²) >= 11 is 0. The van der Waals surface area contributed by atoms with Gasteiger partial charge in [-0.3, -0.25) is 4.79 Å². The normalized spacial score (nSPS) is 16.1. The molecule has 1 aliphatic rings. The average molecular weight is 333 g/mol. The van der Waals surface area contributed by atoms with Crippen molar-refractivity contribution in [1.82, 2.24) is 14.5 Å². The van der Waals surface area contributed by atoms with Crippen LogP contribution >= 0.6 is 0 Å². The Morgan fingerprint density at radius 2 is 1.95 bits per heavy atom. The van der Waals surface area contributed by atoms with E-state index in [1.807, 2.05) is 0 Å². The van der Waals surface area contributed by atoms with Crippen LogP contribution in [0.2, 0.25) is 0 Å². The van der Waals surface area contributed by atoms with E-state index in [0.717, 1.165) is 16.4 Å². The minimum Gasteiger partial charge on any atom is -0.339 e. The van der Waals surface area contributed by atoms with Crippen molar-refractivity contribution in [2.45, 2.75) is 4.90 Å². The zero-order valence-corrected chi connectivity index (χ0v) is 12.9. The van der Waals surface area contributed by atoms with E-state index >= 15 is 0 Å². The summed E-state index contributed by atoms with van der Waals surface area (Å²) in [6.07, 6.45) is 0. The molecule has 0 radical (unpaired) electrons. The number of carbonyl (C=O) groups is 1. The second-order valence-electron chi connectivity index (χ2n) is 4.97. The monoisotopic (exact) mass is 333 g/mol. The molecule has 1 N–H and O–H groups in total. The Kier molecular flexibility index (Phi) is 5.09. The van der Waals surface area contributed by atoms with Crippen molar-refractivity contribution in [3.63, 3.8) is 0 Å². The van der Waals surface area contributed by atoms with Gasteiger partial charge in [-0.05, 0) is 12.1 Å². The molecule has 1 fully saturated rings. The largest absolute Gasteiger partial charge is 0.339 e. The summed E-state index contributed by atoms with van der Waals surface area (Å²) in [7, 11) is -3.00. The highest BCUT2D eigenvalue weighted by Crippen LogP contribution is 2.19. The summed E-state index contributed by atoms with van der Waals surface area (Å²) in [4.78, 5) is 13.0. The Morgan fingerprint density at radius 1 is 1.32 bits per heavy atom. The minimum absolute atomic E-state index is 0.352. The van der Waals surface area contributed by atoms with E-state index in [9.17, 15) is 22.0 Å². The number of hydrogen-bond acceptors (Lipinski definition) is 4. The van der Waals surface area contributed by atoms with E-state index in [4.69, 9.17) is 0 Å². The first kappa shape index (κ1) is 16.8. The van der Waals surface area contributed by atoms with Crippen LogP contribution in [0.25, 0.3) is 0 Å². The van der Waals surface area contributed by atoms with E-state index in [-0.39, 0.29) is 12.5 Å². The Bertz CT molecular complexity index is 660. The smallest absolute Gasteiger partial charge is 0.246 e. The van der Waals surface area contributed by atoms with Crippen LogP contribution in [0.1, 0.15) is 0 Å². The number of carbonyl (C=O) groups excluding carboxylic acids is 1. The molecule has 9 heteroatoms. The lowest BCUT2D eigenvalue weighted by Crippen LogP contribution is -2.49. The van der Waals surface area contributed by atoms with Crippen molar-refractivity contribution in [3.8, 4) is 0 Å². The highest BCUT2D eigenvalue weighted by Gasteiger charge is 2.28. The molecule has 0 saturated carbocycles. The van der Waals surface area contributed by atoms with Crippen molar-refractivity contribution in [2.24, 2.45) is 0 Å². The summed E-state index contributed by atoms with van der Waals surface area (Å²) in [5.41, 5.74) is 0. The first-order valence-corrected chi connectivity index (χ1v) is 8.16.